The number of rotatable bonds is 4. The predicted molar refractivity (Wildman–Crippen MR) is 66.4 cm³/mol. The molecule has 1 fully saturated rings. The normalized spacial score (nSPS) is 21.2. The zero-order valence-corrected chi connectivity index (χ0v) is 11.3. The van der Waals surface area contributed by atoms with E-state index in [-0.39, 0.29) is 6.04 Å². The fourth-order valence-electron chi connectivity index (χ4n) is 1.77. The maximum absolute atomic E-state index is 12.3. The molecule has 7 heteroatoms. The lowest BCUT2D eigenvalue weighted by Crippen LogP contribution is -2.37. The van der Waals surface area contributed by atoms with Crippen LogP contribution in [0.4, 0.5) is 0 Å². The number of nitrogens with zero attached hydrogens (tertiary/aromatic N) is 1. The highest BCUT2D eigenvalue weighted by atomic mass is 32.2. The average molecular weight is 276 g/mol. The molecule has 1 saturated heterocycles. The van der Waals surface area contributed by atoms with Gasteiger partial charge < -0.3 is 10.5 Å². The summed E-state index contributed by atoms with van der Waals surface area (Å²) in [4.78, 5) is 1.21. The molecule has 2 rings (SSSR count). The monoisotopic (exact) mass is 276 g/mol. The lowest BCUT2D eigenvalue weighted by molar-refractivity contribution is 0.181. The second-order valence-electron chi connectivity index (χ2n) is 3.99. The number of likely N-dealkylation sites (N-methyl/N-ethyl adjacent to an activating group) is 1. The summed E-state index contributed by atoms with van der Waals surface area (Å²) >= 11 is 1.37. The van der Waals surface area contributed by atoms with E-state index in [1.807, 2.05) is 0 Å². The maximum Gasteiger partial charge on any atom is 0.243 e. The van der Waals surface area contributed by atoms with E-state index in [1.54, 1.807) is 18.5 Å². The first-order valence-electron chi connectivity index (χ1n) is 5.39. The number of hydrogen-bond acceptors (Lipinski definition) is 5. The van der Waals surface area contributed by atoms with E-state index < -0.39 is 10.0 Å². The van der Waals surface area contributed by atoms with Crippen LogP contribution in [0.25, 0.3) is 0 Å². The lowest BCUT2D eigenvalue weighted by Gasteiger charge is -2.21. The minimum Gasteiger partial charge on any atom is -0.380 e. The Morgan fingerprint density at radius 3 is 2.94 bits per heavy atom. The van der Waals surface area contributed by atoms with Gasteiger partial charge in [-0.25, -0.2) is 8.42 Å². The molecule has 2 heterocycles. The van der Waals surface area contributed by atoms with Gasteiger partial charge in [-0.05, 0) is 12.5 Å². The molecule has 2 N–H and O–H groups in total. The van der Waals surface area contributed by atoms with Crippen LogP contribution in [-0.4, -0.2) is 39.0 Å². The van der Waals surface area contributed by atoms with Crippen LogP contribution in [0.1, 0.15) is 11.3 Å². The third-order valence-electron chi connectivity index (χ3n) is 2.93. The number of hydrogen-bond donors (Lipinski definition) is 1. The summed E-state index contributed by atoms with van der Waals surface area (Å²) in [5, 5.41) is 1.64. The highest BCUT2D eigenvalue weighted by molar-refractivity contribution is 7.89. The van der Waals surface area contributed by atoms with Crippen LogP contribution in [0, 0.1) is 0 Å². The molecule has 96 valence electrons. The molecular formula is C10H16N2O3S2. The zero-order valence-electron chi connectivity index (χ0n) is 9.63. The summed E-state index contributed by atoms with van der Waals surface area (Å²) in [5.41, 5.74) is 5.49. The van der Waals surface area contributed by atoms with Crippen molar-refractivity contribution < 1.29 is 13.2 Å². The van der Waals surface area contributed by atoms with Crippen molar-refractivity contribution >= 4 is 21.4 Å². The second-order valence-corrected chi connectivity index (χ2v) is 6.98. The van der Waals surface area contributed by atoms with Crippen molar-refractivity contribution in [2.75, 3.05) is 20.3 Å². The van der Waals surface area contributed by atoms with Gasteiger partial charge in [0, 0.05) is 30.5 Å². The quantitative estimate of drug-likeness (QED) is 0.875. The summed E-state index contributed by atoms with van der Waals surface area (Å²) in [6, 6.07) is 1.59. The Morgan fingerprint density at radius 2 is 2.41 bits per heavy atom. The van der Waals surface area contributed by atoms with Crippen molar-refractivity contribution in [3.8, 4) is 0 Å². The van der Waals surface area contributed by atoms with Crippen molar-refractivity contribution in [2.45, 2.75) is 23.9 Å². The minimum atomic E-state index is -3.40. The highest BCUT2D eigenvalue weighted by Crippen LogP contribution is 2.24. The first kappa shape index (κ1) is 13.0. The van der Waals surface area contributed by atoms with Crippen LogP contribution in [0.3, 0.4) is 0 Å². The topological polar surface area (TPSA) is 72.6 Å². The number of nitrogens with two attached hydrogens (primary N) is 1. The molecule has 1 aromatic rings. The first-order chi connectivity index (χ1) is 8.05. The number of thiophene rings is 1. The number of ether oxygens (including phenoxy) is 1. The van der Waals surface area contributed by atoms with Gasteiger partial charge in [-0.2, -0.15) is 4.31 Å². The third kappa shape index (κ3) is 2.53. The summed E-state index contributed by atoms with van der Waals surface area (Å²) in [7, 11) is -1.80. The number of sulfonamides is 1. The Balaban J connectivity index is 2.22. The summed E-state index contributed by atoms with van der Waals surface area (Å²) < 4.78 is 31.2. The van der Waals surface area contributed by atoms with Crippen LogP contribution in [0.15, 0.2) is 16.3 Å². The molecule has 0 aromatic carbocycles. The van der Waals surface area contributed by atoms with E-state index in [1.165, 1.54) is 15.6 Å². The molecule has 0 aliphatic carbocycles. The molecular weight excluding hydrogens is 260 g/mol. The van der Waals surface area contributed by atoms with Crippen molar-refractivity contribution in [1.82, 2.24) is 4.31 Å². The molecule has 0 spiro atoms. The molecule has 0 radical (unpaired) electrons. The van der Waals surface area contributed by atoms with Crippen molar-refractivity contribution in [2.24, 2.45) is 5.73 Å². The van der Waals surface area contributed by atoms with Gasteiger partial charge in [-0.3, -0.25) is 0 Å². The summed E-state index contributed by atoms with van der Waals surface area (Å²) in [5.74, 6) is 0. The lowest BCUT2D eigenvalue weighted by atomic mass is 10.3. The Kier molecular flexibility index (Phi) is 3.84. The van der Waals surface area contributed by atoms with Gasteiger partial charge in [0.2, 0.25) is 10.0 Å². The van der Waals surface area contributed by atoms with E-state index in [0.29, 0.717) is 24.7 Å². The molecule has 0 bridgehead atoms. The van der Waals surface area contributed by atoms with E-state index in [2.05, 4.69) is 0 Å². The van der Waals surface area contributed by atoms with Crippen molar-refractivity contribution in [3.63, 3.8) is 0 Å². The van der Waals surface area contributed by atoms with Gasteiger partial charge in [0.25, 0.3) is 0 Å². The van der Waals surface area contributed by atoms with Gasteiger partial charge in [0.05, 0.1) is 17.5 Å². The zero-order chi connectivity index (χ0) is 12.5. The second kappa shape index (κ2) is 5.03. The standard InChI is InChI=1S/C10H16N2O3S2/c1-12(8-2-3-15-6-8)17(13,14)10-4-9(5-11)16-7-10/h4,7-8H,2-3,5-6,11H2,1H3. The van der Waals surface area contributed by atoms with Gasteiger partial charge in [-0.1, -0.05) is 0 Å². The molecule has 5 nitrogen and oxygen atoms in total. The fourth-order valence-corrected chi connectivity index (χ4v) is 4.29. The summed E-state index contributed by atoms with van der Waals surface area (Å²) in [6.45, 7) is 1.47. The fraction of sp³-hybridized carbons (Fsp3) is 0.600. The van der Waals surface area contributed by atoms with Crippen LogP contribution in [0.2, 0.25) is 0 Å². The van der Waals surface area contributed by atoms with Crippen LogP contribution in [0.5, 0.6) is 0 Å². The van der Waals surface area contributed by atoms with Crippen LogP contribution >= 0.6 is 11.3 Å². The van der Waals surface area contributed by atoms with Crippen LogP contribution in [-0.2, 0) is 21.3 Å². The molecule has 0 amide bonds. The van der Waals surface area contributed by atoms with E-state index in [9.17, 15) is 8.42 Å². The summed E-state index contributed by atoms with van der Waals surface area (Å²) in [6.07, 6.45) is 0.754. The Hall–Kier alpha value is -0.470. The minimum absolute atomic E-state index is 0.0544. The van der Waals surface area contributed by atoms with Gasteiger partial charge >= 0.3 is 0 Å². The Bertz CT molecular complexity index is 477. The molecule has 1 aromatic heterocycles. The molecule has 1 unspecified atom stereocenters. The van der Waals surface area contributed by atoms with Gasteiger partial charge in [-0.15, -0.1) is 11.3 Å². The van der Waals surface area contributed by atoms with E-state index >= 15 is 0 Å². The van der Waals surface area contributed by atoms with E-state index in [4.69, 9.17) is 10.5 Å². The first-order valence-corrected chi connectivity index (χ1v) is 7.71. The smallest absolute Gasteiger partial charge is 0.243 e. The van der Waals surface area contributed by atoms with Crippen molar-refractivity contribution in [3.05, 3.63) is 16.3 Å². The molecule has 1 atom stereocenters. The van der Waals surface area contributed by atoms with Crippen LogP contribution < -0.4 is 5.73 Å². The highest BCUT2D eigenvalue weighted by Gasteiger charge is 2.31. The molecule has 17 heavy (non-hydrogen) atoms. The molecule has 0 saturated carbocycles. The van der Waals surface area contributed by atoms with Gasteiger partial charge in [0.15, 0.2) is 0 Å². The average Bonchev–Trinajstić information content (AvgIpc) is 2.98. The predicted octanol–water partition coefficient (Wildman–Crippen LogP) is 0.616. The third-order valence-corrected chi connectivity index (χ3v) is 5.92. The SMILES string of the molecule is CN(C1CCOC1)S(=O)(=O)c1csc(CN)c1. The maximum atomic E-state index is 12.3. The molecule has 1 aliphatic heterocycles. The molecule has 1 aliphatic rings. The Labute approximate surface area is 105 Å². The largest absolute Gasteiger partial charge is 0.380 e. The van der Waals surface area contributed by atoms with E-state index in [0.717, 1.165) is 11.3 Å². The van der Waals surface area contributed by atoms with Crippen molar-refractivity contribution in [1.29, 1.82) is 0 Å². The van der Waals surface area contributed by atoms with Gasteiger partial charge in [0.1, 0.15) is 0 Å². The Morgan fingerprint density at radius 1 is 1.65 bits per heavy atom.